The van der Waals surface area contributed by atoms with Crippen LogP contribution in [-0.2, 0) is 13.0 Å². The summed E-state index contributed by atoms with van der Waals surface area (Å²) in [7, 11) is 0. The molecule has 0 amide bonds. The van der Waals surface area contributed by atoms with Gasteiger partial charge in [-0.15, -0.1) is 22.7 Å². The van der Waals surface area contributed by atoms with Crippen molar-refractivity contribution < 1.29 is 0 Å². The summed E-state index contributed by atoms with van der Waals surface area (Å²) >= 11 is 3.34. The Hall–Kier alpha value is -1.77. The molecule has 0 aromatic carbocycles. The van der Waals surface area contributed by atoms with Gasteiger partial charge in [-0.05, 0) is 19.4 Å². The van der Waals surface area contributed by atoms with E-state index in [2.05, 4.69) is 45.6 Å². The number of nitrogens with zero attached hydrogens (tertiary/aromatic N) is 3. The van der Waals surface area contributed by atoms with Crippen LogP contribution < -0.4 is 16.6 Å². The van der Waals surface area contributed by atoms with Crippen molar-refractivity contribution >= 4 is 44.7 Å². The van der Waals surface area contributed by atoms with E-state index in [9.17, 15) is 0 Å². The fraction of sp³-hybridized carbons (Fsp3) is 0.308. The van der Waals surface area contributed by atoms with Crippen molar-refractivity contribution in [3.8, 4) is 0 Å². The Labute approximate surface area is 130 Å². The van der Waals surface area contributed by atoms with Crippen molar-refractivity contribution in [2.24, 2.45) is 5.84 Å². The number of fused-ring (bicyclic) bond motifs is 1. The Morgan fingerprint density at radius 3 is 2.86 bits per heavy atom. The zero-order valence-corrected chi connectivity index (χ0v) is 13.4. The summed E-state index contributed by atoms with van der Waals surface area (Å²) in [5.74, 6) is 6.64. The van der Waals surface area contributed by atoms with Crippen LogP contribution in [0.3, 0.4) is 0 Å². The van der Waals surface area contributed by atoms with E-state index in [-0.39, 0.29) is 0 Å². The number of hydrogen-bond donors (Lipinski definition) is 3. The molecule has 110 valence electrons. The van der Waals surface area contributed by atoms with Gasteiger partial charge in [0.15, 0.2) is 0 Å². The van der Waals surface area contributed by atoms with Gasteiger partial charge in [0.25, 0.3) is 0 Å². The van der Waals surface area contributed by atoms with Gasteiger partial charge in [-0.3, -0.25) is 5.43 Å². The van der Waals surface area contributed by atoms with Gasteiger partial charge in [0.05, 0.1) is 11.9 Å². The Bertz CT molecular complexity index is 763. The van der Waals surface area contributed by atoms with Crippen molar-refractivity contribution in [1.29, 1.82) is 0 Å². The van der Waals surface area contributed by atoms with Crippen molar-refractivity contribution in [3.05, 3.63) is 27.0 Å². The maximum Gasteiger partial charge on any atom is 0.240 e. The summed E-state index contributed by atoms with van der Waals surface area (Å²) in [6, 6.07) is 2.09. The lowest BCUT2D eigenvalue weighted by molar-refractivity contribution is 1.06. The molecule has 6 nitrogen and oxygen atoms in total. The average Bonchev–Trinajstić information content (AvgIpc) is 3.09. The van der Waals surface area contributed by atoms with Crippen LogP contribution in [0.15, 0.2) is 12.3 Å². The van der Waals surface area contributed by atoms with Crippen molar-refractivity contribution in [3.63, 3.8) is 0 Å². The fourth-order valence-corrected chi connectivity index (χ4v) is 3.68. The Morgan fingerprint density at radius 1 is 1.29 bits per heavy atom. The zero-order valence-electron chi connectivity index (χ0n) is 11.8. The van der Waals surface area contributed by atoms with E-state index in [1.54, 1.807) is 22.7 Å². The number of thiazole rings is 1. The van der Waals surface area contributed by atoms with Gasteiger partial charge in [-0.2, -0.15) is 4.98 Å². The predicted molar refractivity (Wildman–Crippen MR) is 88.8 cm³/mol. The largest absolute Gasteiger partial charge is 0.363 e. The molecule has 0 spiro atoms. The minimum atomic E-state index is 0.417. The zero-order chi connectivity index (χ0) is 14.8. The van der Waals surface area contributed by atoms with Crippen LogP contribution in [0.25, 0.3) is 10.2 Å². The molecular formula is C13H16N6S2. The first-order valence-corrected chi connectivity index (χ1v) is 8.25. The summed E-state index contributed by atoms with van der Waals surface area (Å²) in [6.45, 7) is 4.84. The lowest BCUT2D eigenvalue weighted by Crippen LogP contribution is -2.12. The molecule has 3 aromatic rings. The molecule has 0 atom stereocenters. The van der Waals surface area contributed by atoms with Gasteiger partial charge >= 0.3 is 0 Å². The average molecular weight is 320 g/mol. The number of anilines is 2. The molecule has 0 aliphatic rings. The molecule has 0 saturated heterocycles. The molecule has 0 bridgehead atoms. The second-order valence-corrected chi connectivity index (χ2v) is 6.98. The second-order valence-electron chi connectivity index (χ2n) is 4.54. The maximum atomic E-state index is 5.44. The van der Waals surface area contributed by atoms with Gasteiger partial charge in [0.2, 0.25) is 5.95 Å². The van der Waals surface area contributed by atoms with E-state index < -0.39 is 0 Å². The summed E-state index contributed by atoms with van der Waals surface area (Å²) in [5.41, 5.74) is 2.51. The maximum absolute atomic E-state index is 5.44. The van der Waals surface area contributed by atoms with E-state index in [1.807, 2.05) is 6.20 Å². The Kier molecular flexibility index (Phi) is 4.00. The topological polar surface area (TPSA) is 88.8 Å². The highest BCUT2D eigenvalue weighted by Crippen LogP contribution is 2.29. The van der Waals surface area contributed by atoms with Gasteiger partial charge in [0.1, 0.15) is 15.7 Å². The lowest BCUT2D eigenvalue weighted by Gasteiger charge is -2.07. The molecule has 0 radical (unpaired) electrons. The van der Waals surface area contributed by atoms with Crippen LogP contribution in [0.4, 0.5) is 11.8 Å². The molecule has 0 unspecified atom stereocenters. The molecule has 8 heteroatoms. The Morgan fingerprint density at radius 2 is 2.14 bits per heavy atom. The summed E-state index contributed by atoms with van der Waals surface area (Å²) in [4.78, 5) is 16.6. The third kappa shape index (κ3) is 2.97. The highest BCUT2D eigenvalue weighted by Gasteiger charge is 2.10. The van der Waals surface area contributed by atoms with Crippen LogP contribution in [-0.4, -0.2) is 15.0 Å². The molecule has 3 aromatic heterocycles. The van der Waals surface area contributed by atoms with Crippen LogP contribution in [0, 0.1) is 6.92 Å². The first-order chi connectivity index (χ1) is 10.2. The number of aryl methyl sites for hydroxylation is 2. The summed E-state index contributed by atoms with van der Waals surface area (Å²) in [6.07, 6.45) is 2.94. The number of aromatic nitrogens is 3. The minimum absolute atomic E-state index is 0.417. The first-order valence-electron chi connectivity index (χ1n) is 6.62. The van der Waals surface area contributed by atoms with Crippen LogP contribution in [0.1, 0.15) is 21.7 Å². The van der Waals surface area contributed by atoms with E-state index in [0.717, 1.165) is 27.5 Å². The van der Waals surface area contributed by atoms with Gasteiger partial charge in [-0.25, -0.2) is 15.8 Å². The molecule has 0 fully saturated rings. The number of rotatable bonds is 5. The molecule has 3 rings (SSSR count). The number of nitrogens with two attached hydrogens (primary N) is 1. The van der Waals surface area contributed by atoms with E-state index in [4.69, 9.17) is 5.84 Å². The van der Waals surface area contributed by atoms with Crippen LogP contribution in [0.2, 0.25) is 0 Å². The van der Waals surface area contributed by atoms with E-state index >= 15 is 0 Å². The van der Waals surface area contributed by atoms with E-state index in [1.165, 1.54) is 9.75 Å². The highest BCUT2D eigenvalue weighted by molar-refractivity contribution is 7.18. The molecule has 21 heavy (non-hydrogen) atoms. The lowest BCUT2D eigenvalue weighted by atomic mass is 10.3. The second kappa shape index (κ2) is 5.92. The highest BCUT2D eigenvalue weighted by atomic mass is 32.1. The van der Waals surface area contributed by atoms with Crippen molar-refractivity contribution in [1.82, 2.24) is 15.0 Å². The standard InChI is InChI=1S/C13H16N6S2/c1-3-8-5-15-10(21-8)6-16-11-9-4-7(2)20-12(9)18-13(17-11)19-14/h4-5H,3,6,14H2,1-2H3,(H2,16,17,18,19). The summed E-state index contributed by atoms with van der Waals surface area (Å²) in [5, 5.41) is 5.40. The smallest absolute Gasteiger partial charge is 0.240 e. The molecule has 3 heterocycles. The van der Waals surface area contributed by atoms with Crippen molar-refractivity contribution in [2.75, 3.05) is 10.7 Å². The number of hydrogen-bond acceptors (Lipinski definition) is 8. The molecule has 0 aliphatic carbocycles. The Balaban J connectivity index is 1.88. The predicted octanol–water partition coefficient (Wildman–Crippen LogP) is 2.92. The van der Waals surface area contributed by atoms with Gasteiger partial charge in [0, 0.05) is 16.0 Å². The number of hydrazine groups is 1. The third-order valence-electron chi connectivity index (χ3n) is 3.00. The first kappa shape index (κ1) is 14.2. The normalized spacial score (nSPS) is 11.0. The number of thiophene rings is 1. The molecule has 0 aliphatic heterocycles. The monoisotopic (exact) mass is 320 g/mol. The molecule has 4 N–H and O–H groups in total. The quantitative estimate of drug-likeness (QED) is 0.495. The van der Waals surface area contributed by atoms with E-state index in [0.29, 0.717) is 12.5 Å². The van der Waals surface area contributed by atoms with Crippen molar-refractivity contribution in [2.45, 2.75) is 26.8 Å². The van der Waals surface area contributed by atoms with Gasteiger partial charge in [-0.1, -0.05) is 6.92 Å². The SMILES string of the molecule is CCc1cnc(CNc2nc(NN)nc3sc(C)cc23)s1. The minimum Gasteiger partial charge on any atom is -0.363 e. The molecule has 0 saturated carbocycles. The number of nitrogens with one attached hydrogen (secondary N) is 2. The van der Waals surface area contributed by atoms with Crippen LogP contribution in [0.5, 0.6) is 0 Å². The fourth-order valence-electron chi connectivity index (χ4n) is 1.99. The molecular weight excluding hydrogens is 304 g/mol. The van der Waals surface area contributed by atoms with Crippen LogP contribution >= 0.6 is 22.7 Å². The third-order valence-corrected chi connectivity index (χ3v) is 5.09. The summed E-state index contributed by atoms with van der Waals surface area (Å²) < 4.78 is 0. The number of nitrogen functional groups attached to an aromatic ring is 1. The van der Waals surface area contributed by atoms with Gasteiger partial charge < -0.3 is 5.32 Å².